The first kappa shape index (κ1) is 18.2. The second-order valence-electron chi connectivity index (χ2n) is 5.61. The summed E-state index contributed by atoms with van der Waals surface area (Å²) in [6.45, 7) is 2.24. The Labute approximate surface area is 158 Å². The van der Waals surface area contributed by atoms with E-state index < -0.39 is 10.8 Å². The molecule has 0 radical (unpaired) electrons. The number of aromatic nitrogens is 2. The number of carboxylic acid groups (broad SMARTS) is 1. The minimum absolute atomic E-state index is 0.357. The summed E-state index contributed by atoms with van der Waals surface area (Å²) >= 11 is 3.11. The maximum atomic E-state index is 10.8. The summed E-state index contributed by atoms with van der Waals surface area (Å²) in [7, 11) is 0. The number of ether oxygens (including phenoxy) is 1. The molecular weight excluding hydrogens is 404 g/mol. The number of carbonyl (C=O) groups is 1. The number of carboxylic acids is 1. The Hall–Kier alpha value is -2.61. The molecule has 136 valence electrons. The SMILES string of the molecule is Cc1oc(-c2ccco2)nc1CCOc1ccc(CC(Br)C(=O)O)cn1. The van der Waals surface area contributed by atoms with E-state index in [0.29, 0.717) is 37.0 Å². The third kappa shape index (κ3) is 4.51. The molecule has 0 amide bonds. The Kier molecular flexibility index (Phi) is 5.72. The van der Waals surface area contributed by atoms with Crippen molar-refractivity contribution in [1.29, 1.82) is 0 Å². The Bertz CT molecular complexity index is 858. The molecule has 0 aliphatic heterocycles. The Morgan fingerprint density at radius 1 is 1.38 bits per heavy atom. The molecule has 1 atom stereocenters. The molecule has 0 spiro atoms. The smallest absolute Gasteiger partial charge is 0.317 e. The van der Waals surface area contributed by atoms with Gasteiger partial charge in [-0.2, -0.15) is 0 Å². The molecule has 1 N–H and O–H groups in total. The number of halogens is 1. The Morgan fingerprint density at radius 2 is 2.23 bits per heavy atom. The van der Waals surface area contributed by atoms with E-state index in [9.17, 15) is 4.79 Å². The molecule has 0 fully saturated rings. The second kappa shape index (κ2) is 8.18. The molecule has 0 aliphatic carbocycles. The summed E-state index contributed by atoms with van der Waals surface area (Å²) in [5.74, 6) is 1.34. The highest BCUT2D eigenvalue weighted by Crippen LogP contribution is 2.22. The number of furan rings is 1. The number of alkyl halides is 1. The van der Waals surface area contributed by atoms with Gasteiger partial charge in [0.25, 0.3) is 5.89 Å². The lowest BCUT2D eigenvalue weighted by Gasteiger charge is -2.07. The van der Waals surface area contributed by atoms with Crippen LogP contribution in [0.3, 0.4) is 0 Å². The van der Waals surface area contributed by atoms with Crippen molar-refractivity contribution in [3.05, 3.63) is 53.7 Å². The molecule has 3 heterocycles. The van der Waals surface area contributed by atoms with Gasteiger partial charge in [0, 0.05) is 18.7 Å². The van der Waals surface area contributed by atoms with Gasteiger partial charge >= 0.3 is 5.97 Å². The van der Waals surface area contributed by atoms with E-state index in [4.69, 9.17) is 18.7 Å². The minimum Gasteiger partial charge on any atom is -0.480 e. The van der Waals surface area contributed by atoms with Crippen molar-refractivity contribution in [3.8, 4) is 17.5 Å². The molecular formula is C18H17BrN2O5. The minimum atomic E-state index is -0.901. The van der Waals surface area contributed by atoms with E-state index in [1.807, 2.05) is 6.92 Å². The maximum absolute atomic E-state index is 10.8. The van der Waals surface area contributed by atoms with Crippen molar-refractivity contribution in [3.63, 3.8) is 0 Å². The standard InChI is InChI=1S/C18H17BrN2O5/c1-11-14(21-17(26-11)15-3-2-7-24-15)6-8-25-16-5-4-12(10-20-16)9-13(19)18(22)23/h2-5,7,10,13H,6,8-9H2,1H3,(H,22,23). The zero-order chi connectivity index (χ0) is 18.5. The van der Waals surface area contributed by atoms with Gasteiger partial charge < -0.3 is 18.7 Å². The molecule has 3 rings (SSSR count). The van der Waals surface area contributed by atoms with Crippen LogP contribution in [-0.2, 0) is 17.6 Å². The molecule has 0 aromatic carbocycles. The van der Waals surface area contributed by atoms with Crippen molar-refractivity contribution in [1.82, 2.24) is 9.97 Å². The van der Waals surface area contributed by atoms with Gasteiger partial charge in [-0.25, -0.2) is 9.97 Å². The number of hydrogen-bond acceptors (Lipinski definition) is 6. The van der Waals surface area contributed by atoms with E-state index in [1.54, 1.807) is 36.7 Å². The quantitative estimate of drug-likeness (QED) is 0.555. The van der Waals surface area contributed by atoms with Crippen LogP contribution >= 0.6 is 15.9 Å². The monoisotopic (exact) mass is 420 g/mol. The van der Waals surface area contributed by atoms with Crippen LogP contribution in [0, 0.1) is 6.92 Å². The van der Waals surface area contributed by atoms with E-state index in [-0.39, 0.29) is 0 Å². The highest BCUT2D eigenvalue weighted by atomic mass is 79.9. The van der Waals surface area contributed by atoms with Crippen LogP contribution < -0.4 is 4.74 Å². The number of pyridine rings is 1. The van der Waals surface area contributed by atoms with Gasteiger partial charge in [-0.05, 0) is 31.0 Å². The normalized spacial score (nSPS) is 12.1. The fraction of sp³-hybridized carbons (Fsp3) is 0.278. The van der Waals surface area contributed by atoms with Gasteiger partial charge in [0.15, 0.2) is 5.76 Å². The summed E-state index contributed by atoms with van der Waals surface area (Å²) in [4.78, 5) is 18.8. The number of rotatable bonds is 8. The lowest BCUT2D eigenvalue weighted by Crippen LogP contribution is -2.15. The summed E-state index contributed by atoms with van der Waals surface area (Å²) in [6.07, 6.45) is 4.11. The highest BCUT2D eigenvalue weighted by molar-refractivity contribution is 9.10. The van der Waals surface area contributed by atoms with Crippen molar-refractivity contribution in [2.75, 3.05) is 6.61 Å². The van der Waals surface area contributed by atoms with Crippen LogP contribution in [0.15, 0.2) is 45.6 Å². The summed E-state index contributed by atoms with van der Waals surface area (Å²) in [5, 5.41) is 8.90. The number of oxazole rings is 1. The van der Waals surface area contributed by atoms with Crippen molar-refractivity contribution >= 4 is 21.9 Å². The highest BCUT2D eigenvalue weighted by Gasteiger charge is 2.15. The van der Waals surface area contributed by atoms with E-state index in [0.717, 1.165) is 17.0 Å². The first-order valence-corrected chi connectivity index (χ1v) is 8.89. The van der Waals surface area contributed by atoms with Crippen molar-refractivity contribution in [2.45, 2.75) is 24.6 Å². The first-order valence-electron chi connectivity index (χ1n) is 7.97. The molecule has 0 aliphatic rings. The molecule has 0 saturated carbocycles. The van der Waals surface area contributed by atoms with Gasteiger partial charge in [-0.1, -0.05) is 22.0 Å². The summed E-state index contributed by atoms with van der Waals surface area (Å²) in [5.41, 5.74) is 1.62. The lowest BCUT2D eigenvalue weighted by molar-refractivity contribution is -0.136. The van der Waals surface area contributed by atoms with Crippen LogP contribution in [0.25, 0.3) is 11.7 Å². The Morgan fingerprint density at radius 3 is 2.88 bits per heavy atom. The van der Waals surface area contributed by atoms with Crippen LogP contribution in [0.1, 0.15) is 17.0 Å². The van der Waals surface area contributed by atoms with Gasteiger partial charge in [-0.15, -0.1) is 0 Å². The molecule has 26 heavy (non-hydrogen) atoms. The third-order valence-electron chi connectivity index (χ3n) is 3.69. The number of aliphatic carboxylic acids is 1. The predicted octanol–water partition coefficient (Wildman–Crippen LogP) is 3.65. The van der Waals surface area contributed by atoms with Crippen LogP contribution in [0.2, 0.25) is 0 Å². The fourth-order valence-corrected chi connectivity index (χ4v) is 2.70. The average Bonchev–Trinajstić information content (AvgIpc) is 3.26. The van der Waals surface area contributed by atoms with Gasteiger partial charge in [-0.3, -0.25) is 4.79 Å². The summed E-state index contributed by atoms with van der Waals surface area (Å²) in [6, 6.07) is 7.09. The molecule has 0 bridgehead atoms. The van der Waals surface area contributed by atoms with E-state index in [1.165, 1.54) is 0 Å². The van der Waals surface area contributed by atoms with Gasteiger partial charge in [0.1, 0.15) is 10.6 Å². The van der Waals surface area contributed by atoms with Crippen LogP contribution in [0.4, 0.5) is 0 Å². The number of aryl methyl sites for hydroxylation is 1. The second-order valence-corrected chi connectivity index (χ2v) is 6.72. The van der Waals surface area contributed by atoms with E-state index >= 15 is 0 Å². The van der Waals surface area contributed by atoms with Gasteiger partial charge in [0.05, 0.1) is 18.6 Å². The third-order valence-corrected chi connectivity index (χ3v) is 4.41. The van der Waals surface area contributed by atoms with Crippen molar-refractivity contribution < 1.29 is 23.5 Å². The molecule has 3 aromatic heterocycles. The summed E-state index contributed by atoms with van der Waals surface area (Å²) < 4.78 is 16.5. The molecule has 8 heteroatoms. The van der Waals surface area contributed by atoms with E-state index in [2.05, 4.69) is 25.9 Å². The zero-order valence-corrected chi connectivity index (χ0v) is 15.6. The van der Waals surface area contributed by atoms with Crippen LogP contribution in [-0.4, -0.2) is 32.5 Å². The molecule has 7 nitrogen and oxygen atoms in total. The van der Waals surface area contributed by atoms with Crippen molar-refractivity contribution in [2.24, 2.45) is 0 Å². The molecule has 1 unspecified atom stereocenters. The first-order chi connectivity index (χ1) is 12.5. The average molecular weight is 421 g/mol. The maximum Gasteiger partial charge on any atom is 0.317 e. The lowest BCUT2D eigenvalue weighted by atomic mass is 10.1. The topological polar surface area (TPSA) is 98.6 Å². The zero-order valence-electron chi connectivity index (χ0n) is 14.0. The van der Waals surface area contributed by atoms with Gasteiger partial charge in [0.2, 0.25) is 5.88 Å². The largest absolute Gasteiger partial charge is 0.480 e. The van der Waals surface area contributed by atoms with Crippen LogP contribution in [0.5, 0.6) is 5.88 Å². The number of nitrogens with zero attached hydrogens (tertiary/aromatic N) is 2. The Balaban J connectivity index is 1.53. The number of hydrogen-bond donors (Lipinski definition) is 1. The fourth-order valence-electron chi connectivity index (χ4n) is 2.33. The molecule has 3 aromatic rings. The molecule has 0 saturated heterocycles. The predicted molar refractivity (Wildman–Crippen MR) is 96.4 cm³/mol.